The van der Waals surface area contributed by atoms with Crippen LogP contribution in [0.2, 0.25) is 0 Å². The highest BCUT2D eigenvalue weighted by Crippen LogP contribution is 2.10. The molecule has 0 aliphatic rings. The fourth-order valence-electron chi connectivity index (χ4n) is 3.37. The number of hydrogen-bond donors (Lipinski definition) is 3. The van der Waals surface area contributed by atoms with Crippen molar-refractivity contribution in [2.75, 3.05) is 6.54 Å². The molecular weight excluding hydrogens is 364 g/mol. The average Bonchev–Trinajstić information content (AvgIpc) is 2.70. The maximum atomic E-state index is 11.9. The molecule has 1 atom stereocenters. The van der Waals surface area contributed by atoms with E-state index in [1.807, 2.05) is 0 Å². The van der Waals surface area contributed by atoms with Crippen molar-refractivity contribution in [1.82, 2.24) is 5.32 Å². The molecule has 0 aromatic heterocycles. The molecule has 0 rings (SSSR count). The lowest BCUT2D eigenvalue weighted by Gasteiger charge is -2.14. The molecule has 5 nitrogen and oxygen atoms in total. The Morgan fingerprint density at radius 1 is 0.828 bits per heavy atom. The van der Waals surface area contributed by atoms with E-state index < -0.39 is 12.0 Å². The zero-order chi connectivity index (χ0) is 21.6. The highest BCUT2D eigenvalue weighted by atomic mass is 16.4. The largest absolute Gasteiger partial charge is 0.480 e. The second-order valence-electron chi connectivity index (χ2n) is 8.08. The van der Waals surface area contributed by atoms with E-state index in [-0.39, 0.29) is 5.91 Å². The number of hydrogen-bond acceptors (Lipinski definition) is 3. The summed E-state index contributed by atoms with van der Waals surface area (Å²) in [6.45, 7) is 2.80. The second kappa shape index (κ2) is 21.4. The minimum Gasteiger partial charge on any atom is -0.480 e. The molecule has 0 spiro atoms. The Kier molecular flexibility index (Phi) is 20.3. The molecule has 29 heavy (non-hydrogen) atoms. The number of nitrogens with two attached hydrogens (primary N) is 1. The van der Waals surface area contributed by atoms with E-state index in [1.165, 1.54) is 57.8 Å². The van der Waals surface area contributed by atoms with Crippen molar-refractivity contribution in [1.29, 1.82) is 0 Å². The zero-order valence-corrected chi connectivity index (χ0v) is 18.8. The molecule has 0 aliphatic carbocycles. The van der Waals surface area contributed by atoms with Gasteiger partial charge in [0.1, 0.15) is 6.04 Å². The van der Waals surface area contributed by atoms with Gasteiger partial charge in [-0.3, -0.25) is 4.79 Å². The summed E-state index contributed by atoms with van der Waals surface area (Å²) in [4.78, 5) is 23.1. The molecule has 0 aromatic carbocycles. The van der Waals surface area contributed by atoms with E-state index in [0.29, 0.717) is 19.4 Å². The maximum Gasteiger partial charge on any atom is 0.326 e. The summed E-state index contributed by atoms with van der Waals surface area (Å²) in [5.41, 5.74) is 5.42. The quantitative estimate of drug-likeness (QED) is 0.167. The third-order valence-electron chi connectivity index (χ3n) is 5.25. The molecule has 0 unspecified atom stereocenters. The van der Waals surface area contributed by atoms with Crippen molar-refractivity contribution in [2.24, 2.45) is 5.73 Å². The molecule has 0 heterocycles. The lowest BCUT2D eigenvalue weighted by molar-refractivity contribution is -0.142. The minimum atomic E-state index is -0.958. The lowest BCUT2D eigenvalue weighted by atomic mass is 10.1. The van der Waals surface area contributed by atoms with E-state index in [2.05, 4.69) is 24.4 Å². The van der Waals surface area contributed by atoms with Crippen molar-refractivity contribution in [2.45, 2.75) is 122 Å². The van der Waals surface area contributed by atoms with Crippen LogP contribution in [0.5, 0.6) is 0 Å². The Morgan fingerprint density at radius 3 is 1.93 bits per heavy atom. The molecule has 0 bridgehead atoms. The van der Waals surface area contributed by atoms with Gasteiger partial charge in [-0.2, -0.15) is 0 Å². The number of amides is 1. The van der Waals surface area contributed by atoms with Crippen LogP contribution >= 0.6 is 0 Å². The van der Waals surface area contributed by atoms with Crippen LogP contribution in [0.15, 0.2) is 12.2 Å². The fraction of sp³-hybridized carbons (Fsp3) is 0.833. The summed E-state index contributed by atoms with van der Waals surface area (Å²) in [7, 11) is 0. The number of carbonyl (C=O) groups excluding carboxylic acids is 1. The predicted octanol–water partition coefficient (Wildman–Crippen LogP) is 5.72. The van der Waals surface area contributed by atoms with Crippen LogP contribution in [0.25, 0.3) is 0 Å². The summed E-state index contributed by atoms with van der Waals surface area (Å²) in [6.07, 6.45) is 22.9. The van der Waals surface area contributed by atoms with Gasteiger partial charge in [0.2, 0.25) is 5.91 Å². The first-order valence-corrected chi connectivity index (χ1v) is 12.0. The van der Waals surface area contributed by atoms with Gasteiger partial charge in [-0.15, -0.1) is 0 Å². The van der Waals surface area contributed by atoms with E-state index >= 15 is 0 Å². The van der Waals surface area contributed by atoms with Crippen molar-refractivity contribution in [3.8, 4) is 0 Å². The standard InChI is InChI=1S/C24H46N2O3/c1-2-3-4-5-6-7-8-9-10-11-12-13-14-15-16-20-23(27)26-22(24(28)29)19-17-18-21-25/h9-10,22H,2-8,11-21,25H2,1H3,(H,26,27)(H,28,29)/b10-9-/t22-/m1/s1. The average molecular weight is 411 g/mol. The normalized spacial score (nSPS) is 12.3. The number of unbranched alkanes of at least 4 members (excludes halogenated alkanes) is 12. The van der Waals surface area contributed by atoms with Gasteiger partial charge in [0.15, 0.2) is 0 Å². The number of carboxylic acids is 1. The van der Waals surface area contributed by atoms with Crippen LogP contribution in [0.4, 0.5) is 0 Å². The van der Waals surface area contributed by atoms with Crippen molar-refractivity contribution < 1.29 is 14.7 Å². The summed E-state index contributed by atoms with van der Waals surface area (Å²) in [5, 5.41) is 11.8. The SMILES string of the molecule is CCCCCCCC/C=C\CCCCCCCC(=O)N[C@H](CCCCN)C(=O)O. The van der Waals surface area contributed by atoms with Gasteiger partial charge in [0.25, 0.3) is 0 Å². The van der Waals surface area contributed by atoms with Crippen LogP contribution < -0.4 is 11.1 Å². The van der Waals surface area contributed by atoms with E-state index in [1.54, 1.807) is 0 Å². The number of allylic oxidation sites excluding steroid dienone is 2. The first-order valence-electron chi connectivity index (χ1n) is 12.0. The Morgan fingerprint density at radius 2 is 1.38 bits per heavy atom. The molecule has 1 amide bonds. The van der Waals surface area contributed by atoms with Crippen molar-refractivity contribution in [3.63, 3.8) is 0 Å². The molecule has 5 heteroatoms. The monoisotopic (exact) mass is 410 g/mol. The second-order valence-corrected chi connectivity index (χ2v) is 8.08. The Hall–Kier alpha value is -1.36. The first kappa shape index (κ1) is 27.6. The molecule has 0 aromatic rings. The molecule has 0 fully saturated rings. The topological polar surface area (TPSA) is 92.4 Å². The summed E-state index contributed by atoms with van der Waals surface area (Å²) < 4.78 is 0. The van der Waals surface area contributed by atoms with Gasteiger partial charge in [-0.25, -0.2) is 4.79 Å². The van der Waals surface area contributed by atoms with E-state index in [9.17, 15) is 14.7 Å². The molecular formula is C24H46N2O3. The Bertz CT molecular complexity index is 424. The van der Waals surface area contributed by atoms with Crippen molar-refractivity contribution in [3.05, 3.63) is 12.2 Å². The van der Waals surface area contributed by atoms with Gasteiger partial charge in [-0.05, 0) is 57.9 Å². The smallest absolute Gasteiger partial charge is 0.326 e. The van der Waals surface area contributed by atoms with Crippen LogP contribution in [0.1, 0.15) is 116 Å². The zero-order valence-electron chi connectivity index (χ0n) is 18.8. The van der Waals surface area contributed by atoms with Crippen LogP contribution in [-0.2, 0) is 9.59 Å². The van der Waals surface area contributed by atoms with Gasteiger partial charge in [0, 0.05) is 6.42 Å². The molecule has 0 saturated carbocycles. The molecule has 0 radical (unpaired) electrons. The molecule has 0 aliphatic heterocycles. The first-order chi connectivity index (χ1) is 14.1. The highest BCUT2D eigenvalue weighted by Gasteiger charge is 2.18. The van der Waals surface area contributed by atoms with E-state index in [4.69, 9.17) is 5.73 Å². The van der Waals surface area contributed by atoms with Gasteiger partial charge < -0.3 is 16.2 Å². The third-order valence-corrected chi connectivity index (χ3v) is 5.25. The third kappa shape index (κ3) is 19.7. The fourth-order valence-corrected chi connectivity index (χ4v) is 3.37. The number of aliphatic carboxylic acids is 1. The van der Waals surface area contributed by atoms with E-state index in [0.717, 1.165) is 38.5 Å². The number of carboxylic acid groups (broad SMARTS) is 1. The van der Waals surface area contributed by atoms with Crippen LogP contribution in [0.3, 0.4) is 0 Å². The molecule has 170 valence electrons. The summed E-state index contributed by atoms with van der Waals surface area (Å²) in [5.74, 6) is -1.11. The maximum absolute atomic E-state index is 11.9. The summed E-state index contributed by atoms with van der Waals surface area (Å²) in [6, 6.07) is -0.780. The highest BCUT2D eigenvalue weighted by molar-refractivity contribution is 5.83. The summed E-state index contributed by atoms with van der Waals surface area (Å²) >= 11 is 0. The van der Waals surface area contributed by atoms with Gasteiger partial charge >= 0.3 is 5.97 Å². The van der Waals surface area contributed by atoms with Gasteiger partial charge in [-0.1, -0.05) is 70.4 Å². The van der Waals surface area contributed by atoms with Gasteiger partial charge in [0.05, 0.1) is 0 Å². The Labute approximate surface area is 178 Å². The Balaban J connectivity index is 3.51. The molecule has 4 N–H and O–H groups in total. The molecule has 0 saturated heterocycles. The van der Waals surface area contributed by atoms with Crippen molar-refractivity contribution >= 4 is 11.9 Å². The lowest BCUT2D eigenvalue weighted by Crippen LogP contribution is -2.40. The van der Waals surface area contributed by atoms with Crippen LogP contribution in [-0.4, -0.2) is 29.6 Å². The number of carbonyl (C=O) groups is 2. The number of nitrogens with one attached hydrogen (secondary N) is 1. The van der Waals surface area contributed by atoms with Crippen LogP contribution in [0, 0.1) is 0 Å². The predicted molar refractivity (Wildman–Crippen MR) is 122 cm³/mol. The number of rotatable bonds is 21. The minimum absolute atomic E-state index is 0.150.